The molecule has 18 heavy (non-hydrogen) atoms. The molecule has 1 saturated heterocycles. The molecule has 4 rings (SSSR count). The molecule has 0 unspecified atom stereocenters. The predicted molar refractivity (Wildman–Crippen MR) is 76.2 cm³/mol. The Balaban J connectivity index is 1.63. The van der Waals surface area contributed by atoms with E-state index in [0.29, 0.717) is 0 Å². The minimum Gasteiger partial charge on any atom is -0.299 e. The van der Waals surface area contributed by atoms with Gasteiger partial charge in [-0.2, -0.15) is 0 Å². The quantitative estimate of drug-likeness (QED) is 0.757. The number of hydrogen-bond acceptors (Lipinski definition) is 1. The summed E-state index contributed by atoms with van der Waals surface area (Å²) in [5.41, 5.74) is 7.72. The fourth-order valence-electron chi connectivity index (χ4n) is 3.62. The second-order valence-electron chi connectivity index (χ2n) is 5.73. The van der Waals surface area contributed by atoms with Gasteiger partial charge in [-0.15, -0.1) is 0 Å². The summed E-state index contributed by atoms with van der Waals surface area (Å²) >= 11 is 0. The second-order valence-corrected chi connectivity index (χ2v) is 5.73. The molecule has 0 spiro atoms. The number of benzene rings is 1. The normalized spacial score (nSPS) is 22.3. The Morgan fingerprint density at radius 3 is 2.56 bits per heavy atom. The van der Waals surface area contributed by atoms with Crippen LogP contribution in [-0.2, 0) is 0 Å². The number of rotatable bonds is 2. The van der Waals surface area contributed by atoms with E-state index < -0.39 is 0 Å². The van der Waals surface area contributed by atoms with Crippen molar-refractivity contribution >= 4 is 11.1 Å². The van der Waals surface area contributed by atoms with Gasteiger partial charge in [0.25, 0.3) is 0 Å². The van der Waals surface area contributed by atoms with Gasteiger partial charge in [0.05, 0.1) is 0 Å². The third kappa shape index (κ3) is 1.58. The second kappa shape index (κ2) is 4.10. The molecule has 1 nitrogen and oxygen atoms in total. The average Bonchev–Trinajstić information content (AvgIpc) is 2.99. The highest BCUT2D eigenvalue weighted by Gasteiger charge is 2.28. The van der Waals surface area contributed by atoms with E-state index in [9.17, 15) is 0 Å². The van der Waals surface area contributed by atoms with E-state index in [1.54, 1.807) is 16.7 Å². The van der Waals surface area contributed by atoms with Crippen molar-refractivity contribution in [1.29, 1.82) is 0 Å². The minimum atomic E-state index is 1.17. The smallest absolute Gasteiger partial charge is 0.0236 e. The maximum atomic E-state index is 2.63. The zero-order valence-corrected chi connectivity index (χ0v) is 10.8. The number of hydrogen-bond donors (Lipinski definition) is 0. The zero-order valence-electron chi connectivity index (χ0n) is 10.8. The Kier molecular flexibility index (Phi) is 2.41. The number of nitrogens with zero attached hydrogens (tertiary/aromatic N) is 1. The molecule has 1 aliphatic heterocycles. The van der Waals surface area contributed by atoms with Gasteiger partial charge in [0.2, 0.25) is 0 Å². The third-order valence-electron chi connectivity index (χ3n) is 4.54. The summed E-state index contributed by atoms with van der Waals surface area (Å²) in [7, 11) is 0. The lowest BCUT2D eigenvalue weighted by Gasteiger charge is -2.27. The van der Waals surface area contributed by atoms with Gasteiger partial charge in [0, 0.05) is 6.54 Å². The lowest BCUT2D eigenvalue weighted by molar-refractivity contribution is 0.248. The average molecular weight is 237 g/mol. The van der Waals surface area contributed by atoms with Crippen LogP contribution in [0.1, 0.15) is 36.8 Å². The van der Waals surface area contributed by atoms with Crippen LogP contribution in [0, 0.1) is 0 Å². The number of likely N-dealkylation sites (tertiary alicyclic amines) is 1. The van der Waals surface area contributed by atoms with Gasteiger partial charge >= 0.3 is 0 Å². The van der Waals surface area contributed by atoms with Gasteiger partial charge in [-0.05, 0) is 60.2 Å². The van der Waals surface area contributed by atoms with Crippen molar-refractivity contribution in [2.24, 2.45) is 0 Å². The van der Waals surface area contributed by atoms with Crippen molar-refractivity contribution in [3.05, 3.63) is 47.0 Å². The van der Waals surface area contributed by atoms with Crippen LogP contribution in [0.25, 0.3) is 11.1 Å². The highest BCUT2D eigenvalue weighted by Crippen LogP contribution is 2.47. The SMILES string of the molecule is C1=C2CC(=C1CN1CCCCC1)c1ccccc12. The maximum absolute atomic E-state index is 2.63. The molecule has 1 aromatic carbocycles. The summed E-state index contributed by atoms with van der Waals surface area (Å²) in [5, 5.41) is 0. The van der Waals surface area contributed by atoms with Crippen LogP contribution in [0.5, 0.6) is 0 Å². The van der Waals surface area contributed by atoms with E-state index in [1.807, 2.05) is 0 Å². The molecule has 0 amide bonds. The van der Waals surface area contributed by atoms with Crippen molar-refractivity contribution in [1.82, 2.24) is 4.90 Å². The Morgan fingerprint density at radius 1 is 0.944 bits per heavy atom. The van der Waals surface area contributed by atoms with E-state index in [4.69, 9.17) is 0 Å². The standard InChI is InChI=1S/C17H19N/c1-4-8-18(9-5-1)12-14-10-13-11-17(14)16-7-3-2-6-15(13)16/h2-3,6-7,10H,1,4-5,8-9,11-12H2. The van der Waals surface area contributed by atoms with Gasteiger partial charge in [-0.1, -0.05) is 36.8 Å². The zero-order chi connectivity index (χ0) is 11.9. The summed E-state index contributed by atoms with van der Waals surface area (Å²) < 4.78 is 0. The first-order chi connectivity index (χ1) is 8.92. The fraction of sp³-hybridized carbons (Fsp3) is 0.412. The van der Waals surface area contributed by atoms with Crippen molar-refractivity contribution < 1.29 is 0 Å². The molecule has 3 aliphatic rings. The Labute approximate surface area is 109 Å². The van der Waals surface area contributed by atoms with Crippen LogP contribution >= 0.6 is 0 Å². The molecule has 0 atom stereocenters. The molecule has 0 aromatic heterocycles. The highest BCUT2D eigenvalue weighted by molar-refractivity contribution is 6.00. The van der Waals surface area contributed by atoms with E-state index in [-0.39, 0.29) is 0 Å². The third-order valence-corrected chi connectivity index (χ3v) is 4.54. The van der Waals surface area contributed by atoms with Crippen LogP contribution in [0.15, 0.2) is 35.9 Å². The lowest BCUT2D eigenvalue weighted by Crippen LogP contribution is -2.31. The van der Waals surface area contributed by atoms with Gasteiger partial charge in [0.1, 0.15) is 0 Å². The molecule has 2 aliphatic carbocycles. The van der Waals surface area contributed by atoms with E-state index in [2.05, 4.69) is 35.2 Å². The summed E-state index contributed by atoms with van der Waals surface area (Å²) in [6, 6.07) is 8.89. The van der Waals surface area contributed by atoms with Gasteiger partial charge in [0.15, 0.2) is 0 Å². The first-order valence-electron chi connectivity index (χ1n) is 7.16. The number of fused-ring (bicyclic) bond motifs is 5. The first kappa shape index (κ1) is 10.6. The van der Waals surface area contributed by atoms with Crippen LogP contribution < -0.4 is 0 Å². The summed E-state index contributed by atoms with van der Waals surface area (Å²) in [5.74, 6) is 0. The molecular weight excluding hydrogens is 218 g/mol. The summed E-state index contributed by atoms with van der Waals surface area (Å²) in [6.45, 7) is 3.76. The Bertz CT molecular complexity index is 544. The fourth-order valence-corrected chi connectivity index (χ4v) is 3.62. The van der Waals surface area contributed by atoms with Crippen LogP contribution in [0.2, 0.25) is 0 Å². The molecule has 2 bridgehead atoms. The van der Waals surface area contributed by atoms with Crippen LogP contribution in [0.3, 0.4) is 0 Å². The maximum Gasteiger partial charge on any atom is 0.0236 e. The lowest BCUT2D eigenvalue weighted by atomic mass is 9.97. The van der Waals surface area contributed by atoms with Crippen molar-refractivity contribution in [2.45, 2.75) is 25.7 Å². The van der Waals surface area contributed by atoms with E-state index in [0.717, 1.165) is 0 Å². The molecule has 92 valence electrons. The van der Waals surface area contributed by atoms with Crippen molar-refractivity contribution in [3.8, 4) is 0 Å². The van der Waals surface area contributed by atoms with Crippen LogP contribution in [-0.4, -0.2) is 24.5 Å². The monoisotopic (exact) mass is 237 g/mol. The Hall–Kier alpha value is -1.34. The van der Waals surface area contributed by atoms with E-state index in [1.165, 1.54) is 56.4 Å². The molecule has 1 heterocycles. The molecule has 1 heteroatoms. The molecular formula is C17H19N. The number of allylic oxidation sites excluding steroid dienone is 2. The summed E-state index contributed by atoms with van der Waals surface area (Å²) in [4.78, 5) is 2.63. The molecule has 0 radical (unpaired) electrons. The number of piperidine rings is 1. The predicted octanol–water partition coefficient (Wildman–Crippen LogP) is 3.73. The highest BCUT2D eigenvalue weighted by atomic mass is 15.1. The van der Waals surface area contributed by atoms with E-state index >= 15 is 0 Å². The van der Waals surface area contributed by atoms with Gasteiger partial charge in [-0.3, -0.25) is 4.90 Å². The summed E-state index contributed by atoms with van der Waals surface area (Å²) in [6.07, 6.45) is 7.83. The molecule has 0 saturated carbocycles. The van der Waals surface area contributed by atoms with Gasteiger partial charge < -0.3 is 0 Å². The first-order valence-corrected chi connectivity index (χ1v) is 7.16. The molecule has 1 fully saturated rings. The van der Waals surface area contributed by atoms with Crippen molar-refractivity contribution in [2.75, 3.05) is 19.6 Å². The van der Waals surface area contributed by atoms with Crippen LogP contribution in [0.4, 0.5) is 0 Å². The Morgan fingerprint density at radius 2 is 1.72 bits per heavy atom. The minimum absolute atomic E-state index is 1.17. The largest absolute Gasteiger partial charge is 0.299 e. The topological polar surface area (TPSA) is 3.24 Å². The molecule has 0 N–H and O–H groups in total. The molecule has 1 aromatic rings. The van der Waals surface area contributed by atoms with Gasteiger partial charge in [-0.25, -0.2) is 0 Å². The van der Waals surface area contributed by atoms with Crippen molar-refractivity contribution in [3.63, 3.8) is 0 Å².